The lowest BCUT2D eigenvalue weighted by atomic mass is 10.0. The summed E-state index contributed by atoms with van der Waals surface area (Å²) in [7, 11) is 4.57. The van der Waals surface area contributed by atoms with E-state index >= 15 is 0 Å². The molecule has 0 rings (SSSR count). The van der Waals surface area contributed by atoms with Gasteiger partial charge in [-0.1, -0.05) is 13.8 Å². The molecule has 5 heteroatoms. The lowest BCUT2D eigenvalue weighted by molar-refractivity contribution is -0.131. The fraction of sp³-hybridized carbons (Fsp3) is 0.778. The topological polar surface area (TPSA) is 58.6 Å². The van der Waals surface area contributed by atoms with Gasteiger partial charge in [0.05, 0.1) is 7.11 Å². The minimum absolute atomic E-state index is 0.0315. The highest BCUT2D eigenvalue weighted by Crippen LogP contribution is 2.04. The van der Waals surface area contributed by atoms with Crippen LogP contribution >= 0.6 is 0 Å². The van der Waals surface area contributed by atoms with Crippen LogP contribution in [0.2, 0.25) is 0 Å². The van der Waals surface area contributed by atoms with E-state index in [2.05, 4.69) is 10.1 Å². The van der Waals surface area contributed by atoms with Crippen LogP contribution in [0.1, 0.15) is 13.8 Å². The number of carbonyl (C=O) groups excluding carboxylic acids is 2. The summed E-state index contributed by atoms with van der Waals surface area (Å²) in [6.07, 6.45) is -0.584. The highest BCUT2D eigenvalue weighted by molar-refractivity contribution is 5.85. The number of hydrogen-bond donors (Lipinski definition) is 1. The predicted octanol–water partition coefficient (Wildman–Crippen LogP) is 0.455. The van der Waals surface area contributed by atoms with Gasteiger partial charge < -0.3 is 15.0 Å². The molecule has 0 saturated heterocycles. The van der Waals surface area contributed by atoms with Gasteiger partial charge in [-0.15, -0.1) is 0 Å². The van der Waals surface area contributed by atoms with Crippen molar-refractivity contribution in [2.75, 3.05) is 21.2 Å². The van der Waals surface area contributed by atoms with Crippen molar-refractivity contribution in [3.05, 3.63) is 0 Å². The predicted molar refractivity (Wildman–Crippen MR) is 52.9 cm³/mol. The van der Waals surface area contributed by atoms with Crippen molar-refractivity contribution in [1.29, 1.82) is 0 Å². The van der Waals surface area contributed by atoms with Gasteiger partial charge in [-0.3, -0.25) is 4.79 Å². The number of amides is 2. The molecule has 0 aliphatic heterocycles. The number of methoxy groups -OCH3 is 1. The van der Waals surface area contributed by atoms with Crippen molar-refractivity contribution >= 4 is 12.0 Å². The Bertz CT molecular complexity index is 214. The quantitative estimate of drug-likeness (QED) is 0.723. The van der Waals surface area contributed by atoms with Crippen LogP contribution in [0.15, 0.2) is 0 Å². The number of rotatable bonds is 3. The van der Waals surface area contributed by atoms with Crippen LogP contribution in [-0.2, 0) is 9.53 Å². The molecular formula is C9H18N2O3. The number of carbonyl (C=O) groups is 2. The fourth-order valence-corrected chi connectivity index (χ4v) is 0.978. The van der Waals surface area contributed by atoms with Crippen molar-refractivity contribution in [3.8, 4) is 0 Å². The van der Waals surface area contributed by atoms with Gasteiger partial charge in [-0.25, -0.2) is 4.79 Å². The van der Waals surface area contributed by atoms with Crippen LogP contribution in [0, 0.1) is 5.92 Å². The Balaban J connectivity index is 4.45. The molecule has 0 fully saturated rings. The summed E-state index contributed by atoms with van der Waals surface area (Å²) in [5.74, 6) is -0.102. The second kappa shape index (κ2) is 5.47. The van der Waals surface area contributed by atoms with Crippen LogP contribution in [0.25, 0.3) is 0 Å². The molecule has 0 aliphatic rings. The van der Waals surface area contributed by atoms with Crippen molar-refractivity contribution in [2.45, 2.75) is 19.9 Å². The van der Waals surface area contributed by atoms with E-state index in [9.17, 15) is 9.59 Å². The Kier molecular flexibility index (Phi) is 4.97. The number of likely N-dealkylation sites (N-methyl/N-ethyl adjacent to an activating group) is 1. The van der Waals surface area contributed by atoms with Gasteiger partial charge in [-0.05, 0) is 5.92 Å². The van der Waals surface area contributed by atoms with Crippen LogP contribution in [0.5, 0.6) is 0 Å². The molecule has 0 radical (unpaired) electrons. The molecule has 14 heavy (non-hydrogen) atoms. The third kappa shape index (κ3) is 3.64. The number of nitrogens with zero attached hydrogens (tertiary/aromatic N) is 1. The Labute approximate surface area is 84.4 Å². The molecule has 0 aliphatic carbocycles. The van der Waals surface area contributed by atoms with E-state index in [1.807, 2.05) is 13.8 Å². The maximum atomic E-state index is 11.6. The Hall–Kier alpha value is -1.26. The second-order valence-electron chi connectivity index (χ2n) is 3.59. The van der Waals surface area contributed by atoms with Gasteiger partial charge in [-0.2, -0.15) is 0 Å². The standard InChI is InChI=1S/C9H18N2O3/c1-6(2)7(8(12)11(3)4)10-9(13)14-5/h6-7H,1-5H3,(H,10,13). The van der Waals surface area contributed by atoms with Crippen molar-refractivity contribution in [3.63, 3.8) is 0 Å². The first kappa shape index (κ1) is 12.7. The molecular weight excluding hydrogens is 184 g/mol. The first-order valence-corrected chi connectivity index (χ1v) is 4.45. The lowest BCUT2D eigenvalue weighted by Crippen LogP contribution is -2.49. The number of ether oxygens (including phenoxy) is 1. The maximum Gasteiger partial charge on any atom is 0.407 e. The number of hydrogen-bond acceptors (Lipinski definition) is 3. The minimum Gasteiger partial charge on any atom is -0.453 e. The monoisotopic (exact) mass is 202 g/mol. The third-order valence-corrected chi connectivity index (χ3v) is 1.83. The zero-order valence-corrected chi connectivity index (χ0v) is 9.33. The number of alkyl carbamates (subject to hydrolysis) is 1. The van der Waals surface area contributed by atoms with E-state index < -0.39 is 12.1 Å². The summed E-state index contributed by atoms with van der Waals surface area (Å²) in [6.45, 7) is 3.73. The summed E-state index contributed by atoms with van der Waals surface area (Å²) >= 11 is 0. The molecule has 1 N–H and O–H groups in total. The highest BCUT2D eigenvalue weighted by Gasteiger charge is 2.25. The molecule has 0 spiro atoms. The minimum atomic E-state index is -0.584. The van der Waals surface area contributed by atoms with E-state index in [0.717, 1.165) is 0 Å². The number of nitrogens with one attached hydrogen (secondary N) is 1. The summed E-state index contributed by atoms with van der Waals surface area (Å²) in [4.78, 5) is 24.0. The molecule has 1 atom stereocenters. The lowest BCUT2D eigenvalue weighted by Gasteiger charge is -2.23. The van der Waals surface area contributed by atoms with Gasteiger partial charge in [0.25, 0.3) is 0 Å². The van der Waals surface area contributed by atoms with Gasteiger partial charge in [0.15, 0.2) is 0 Å². The van der Waals surface area contributed by atoms with E-state index in [0.29, 0.717) is 0 Å². The van der Waals surface area contributed by atoms with Gasteiger partial charge in [0.2, 0.25) is 5.91 Å². The zero-order valence-electron chi connectivity index (χ0n) is 9.33. The summed E-state index contributed by atoms with van der Waals surface area (Å²) in [5.41, 5.74) is 0. The Morgan fingerprint density at radius 3 is 2.07 bits per heavy atom. The molecule has 0 aromatic carbocycles. The first-order chi connectivity index (χ1) is 6.40. The largest absolute Gasteiger partial charge is 0.453 e. The normalized spacial score (nSPS) is 12.1. The Morgan fingerprint density at radius 2 is 1.79 bits per heavy atom. The van der Waals surface area contributed by atoms with E-state index in [-0.39, 0.29) is 11.8 Å². The SMILES string of the molecule is COC(=O)NC(C(=O)N(C)C)C(C)C. The van der Waals surface area contributed by atoms with Crippen LogP contribution in [-0.4, -0.2) is 44.1 Å². The van der Waals surface area contributed by atoms with E-state index in [1.165, 1.54) is 12.0 Å². The Morgan fingerprint density at radius 1 is 1.29 bits per heavy atom. The second-order valence-corrected chi connectivity index (χ2v) is 3.59. The first-order valence-electron chi connectivity index (χ1n) is 4.45. The summed E-state index contributed by atoms with van der Waals surface area (Å²) in [6, 6.07) is -0.530. The van der Waals surface area contributed by atoms with Gasteiger partial charge >= 0.3 is 6.09 Å². The van der Waals surface area contributed by atoms with Crippen LogP contribution in [0.3, 0.4) is 0 Å². The average molecular weight is 202 g/mol. The molecule has 5 nitrogen and oxygen atoms in total. The molecule has 0 aromatic heterocycles. The average Bonchev–Trinajstić information content (AvgIpc) is 2.11. The molecule has 0 bridgehead atoms. The third-order valence-electron chi connectivity index (χ3n) is 1.83. The zero-order chi connectivity index (χ0) is 11.3. The van der Waals surface area contributed by atoms with Crippen molar-refractivity contribution in [2.24, 2.45) is 5.92 Å². The molecule has 2 amide bonds. The highest BCUT2D eigenvalue weighted by atomic mass is 16.5. The maximum absolute atomic E-state index is 11.6. The van der Waals surface area contributed by atoms with Gasteiger partial charge in [0, 0.05) is 14.1 Å². The van der Waals surface area contributed by atoms with Crippen LogP contribution in [0.4, 0.5) is 4.79 Å². The molecule has 1 unspecified atom stereocenters. The van der Waals surface area contributed by atoms with Crippen molar-refractivity contribution < 1.29 is 14.3 Å². The van der Waals surface area contributed by atoms with Gasteiger partial charge in [0.1, 0.15) is 6.04 Å². The van der Waals surface area contributed by atoms with E-state index in [4.69, 9.17) is 0 Å². The molecule has 0 saturated carbocycles. The van der Waals surface area contributed by atoms with E-state index in [1.54, 1.807) is 14.1 Å². The van der Waals surface area contributed by atoms with Crippen LogP contribution < -0.4 is 5.32 Å². The molecule has 0 heterocycles. The molecule has 82 valence electrons. The summed E-state index contributed by atoms with van der Waals surface area (Å²) in [5, 5.41) is 2.49. The van der Waals surface area contributed by atoms with Crippen molar-refractivity contribution in [1.82, 2.24) is 10.2 Å². The molecule has 0 aromatic rings. The fourth-order valence-electron chi connectivity index (χ4n) is 0.978. The smallest absolute Gasteiger partial charge is 0.407 e. The summed E-state index contributed by atoms with van der Waals surface area (Å²) < 4.78 is 4.44.